The molecule has 20 heavy (non-hydrogen) atoms. The van der Waals surface area contributed by atoms with Crippen LogP contribution in [0.5, 0.6) is 0 Å². The first-order valence-corrected chi connectivity index (χ1v) is 6.89. The van der Waals surface area contributed by atoms with Gasteiger partial charge in [-0.2, -0.15) is 13.2 Å². The van der Waals surface area contributed by atoms with Gasteiger partial charge in [0, 0.05) is 11.7 Å². The fourth-order valence-corrected chi connectivity index (χ4v) is 3.13. The molecule has 1 aromatic carbocycles. The van der Waals surface area contributed by atoms with Gasteiger partial charge in [0.2, 0.25) is 0 Å². The van der Waals surface area contributed by atoms with E-state index in [-0.39, 0.29) is 6.04 Å². The number of hydrogen-bond acceptors (Lipinski definition) is 1. The highest BCUT2D eigenvalue weighted by Gasteiger charge is 2.34. The Morgan fingerprint density at radius 3 is 2.20 bits per heavy atom. The van der Waals surface area contributed by atoms with Gasteiger partial charge >= 0.3 is 6.18 Å². The lowest BCUT2D eigenvalue weighted by Crippen LogP contribution is -2.30. The summed E-state index contributed by atoms with van der Waals surface area (Å²) < 4.78 is 51.2. The molecule has 1 aliphatic carbocycles. The van der Waals surface area contributed by atoms with Crippen LogP contribution < -0.4 is 5.32 Å². The van der Waals surface area contributed by atoms with Crippen molar-refractivity contribution >= 4 is 5.69 Å². The van der Waals surface area contributed by atoms with E-state index in [1.165, 1.54) is 6.07 Å². The molecule has 1 aromatic rings. The van der Waals surface area contributed by atoms with E-state index in [0.29, 0.717) is 17.5 Å². The van der Waals surface area contributed by atoms with Gasteiger partial charge < -0.3 is 5.32 Å². The second-order valence-electron chi connectivity index (χ2n) is 5.95. The van der Waals surface area contributed by atoms with Crippen molar-refractivity contribution in [3.05, 3.63) is 29.6 Å². The van der Waals surface area contributed by atoms with Gasteiger partial charge in [-0.1, -0.05) is 13.8 Å². The number of rotatable bonds is 2. The summed E-state index contributed by atoms with van der Waals surface area (Å²) >= 11 is 0. The fraction of sp³-hybridized carbons (Fsp3) is 0.600. The Balaban J connectivity index is 2.14. The molecule has 0 heterocycles. The summed E-state index contributed by atoms with van der Waals surface area (Å²) in [6.07, 6.45) is -1.64. The van der Waals surface area contributed by atoms with Crippen molar-refractivity contribution in [1.82, 2.24) is 0 Å². The minimum Gasteiger partial charge on any atom is -0.382 e. The molecule has 1 aliphatic rings. The third kappa shape index (κ3) is 3.64. The van der Waals surface area contributed by atoms with Crippen LogP contribution in [0.15, 0.2) is 18.2 Å². The van der Waals surface area contributed by atoms with Crippen LogP contribution in [0.25, 0.3) is 0 Å². The molecule has 2 rings (SSSR count). The number of anilines is 1. The zero-order valence-electron chi connectivity index (χ0n) is 11.6. The lowest BCUT2D eigenvalue weighted by molar-refractivity contribution is -0.139. The van der Waals surface area contributed by atoms with Crippen LogP contribution in [0.4, 0.5) is 23.2 Å². The Bertz CT molecular complexity index is 459. The molecule has 1 N–H and O–H groups in total. The fourth-order valence-electron chi connectivity index (χ4n) is 3.13. The van der Waals surface area contributed by atoms with Crippen LogP contribution in [0.1, 0.15) is 38.7 Å². The Morgan fingerprint density at radius 1 is 1.05 bits per heavy atom. The van der Waals surface area contributed by atoms with Gasteiger partial charge in [-0.15, -0.1) is 0 Å². The first-order chi connectivity index (χ1) is 9.25. The number of benzene rings is 1. The third-order valence-electron chi connectivity index (χ3n) is 3.82. The average Bonchev–Trinajstić information content (AvgIpc) is 2.29. The van der Waals surface area contributed by atoms with Crippen molar-refractivity contribution < 1.29 is 17.6 Å². The zero-order valence-corrected chi connectivity index (χ0v) is 11.6. The second kappa shape index (κ2) is 5.62. The number of hydrogen-bond donors (Lipinski definition) is 1. The number of alkyl halides is 3. The van der Waals surface area contributed by atoms with E-state index in [1.54, 1.807) is 0 Å². The maximum absolute atomic E-state index is 13.2. The van der Waals surface area contributed by atoms with E-state index in [0.717, 1.165) is 31.4 Å². The SMILES string of the molecule is CC1CC(C)CC(Nc2ccc(F)c(C(F)(F)F)c2)C1. The number of halogens is 4. The topological polar surface area (TPSA) is 12.0 Å². The quantitative estimate of drug-likeness (QED) is 0.748. The molecule has 2 unspecified atom stereocenters. The van der Waals surface area contributed by atoms with Gasteiger partial charge in [0.05, 0.1) is 5.56 Å². The molecule has 1 fully saturated rings. The third-order valence-corrected chi connectivity index (χ3v) is 3.82. The van der Waals surface area contributed by atoms with Crippen molar-refractivity contribution in [2.75, 3.05) is 5.32 Å². The van der Waals surface area contributed by atoms with Crippen LogP contribution in [-0.2, 0) is 6.18 Å². The summed E-state index contributed by atoms with van der Waals surface area (Å²) in [6.45, 7) is 4.30. The molecule has 0 bridgehead atoms. The highest BCUT2D eigenvalue weighted by molar-refractivity contribution is 5.48. The van der Waals surface area contributed by atoms with Crippen LogP contribution in [0.2, 0.25) is 0 Å². The maximum atomic E-state index is 13.2. The highest BCUT2D eigenvalue weighted by atomic mass is 19.4. The number of nitrogens with one attached hydrogen (secondary N) is 1. The van der Waals surface area contributed by atoms with Crippen molar-refractivity contribution in [3.63, 3.8) is 0 Å². The van der Waals surface area contributed by atoms with Gasteiger partial charge in [0.15, 0.2) is 0 Å². The molecule has 112 valence electrons. The van der Waals surface area contributed by atoms with Crippen molar-refractivity contribution in [2.24, 2.45) is 11.8 Å². The Hall–Kier alpha value is -1.26. The molecule has 0 saturated heterocycles. The van der Waals surface area contributed by atoms with Crippen LogP contribution in [-0.4, -0.2) is 6.04 Å². The highest BCUT2D eigenvalue weighted by Crippen LogP contribution is 2.34. The van der Waals surface area contributed by atoms with E-state index in [2.05, 4.69) is 19.2 Å². The monoisotopic (exact) mass is 289 g/mol. The first-order valence-electron chi connectivity index (χ1n) is 6.89. The molecular weight excluding hydrogens is 270 g/mol. The molecule has 0 aromatic heterocycles. The lowest BCUT2D eigenvalue weighted by atomic mass is 9.80. The molecule has 2 atom stereocenters. The van der Waals surface area contributed by atoms with Crippen molar-refractivity contribution in [2.45, 2.75) is 45.3 Å². The van der Waals surface area contributed by atoms with E-state index >= 15 is 0 Å². The molecular formula is C15H19F4N. The minimum atomic E-state index is -4.66. The summed E-state index contributed by atoms with van der Waals surface area (Å²) in [6, 6.07) is 3.26. The van der Waals surface area contributed by atoms with Gasteiger partial charge in [0.25, 0.3) is 0 Å². The van der Waals surface area contributed by atoms with E-state index < -0.39 is 17.6 Å². The summed E-state index contributed by atoms with van der Waals surface area (Å²) in [4.78, 5) is 0. The van der Waals surface area contributed by atoms with Gasteiger partial charge in [-0.25, -0.2) is 4.39 Å². The molecule has 0 spiro atoms. The smallest absolute Gasteiger partial charge is 0.382 e. The standard InChI is InChI=1S/C15H19F4N/c1-9-5-10(2)7-12(6-9)20-11-3-4-14(16)13(8-11)15(17,18)19/h3-4,8-10,12,20H,5-7H2,1-2H3. The summed E-state index contributed by atoms with van der Waals surface area (Å²) in [5.41, 5.74) is -0.871. The summed E-state index contributed by atoms with van der Waals surface area (Å²) in [5.74, 6) is -0.119. The predicted octanol–water partition coefficient (Wildman–Crippen LogP) is 5.08. The summed E-state index contributed by atoms with van der Waals surface area (Å²) in [7, 11) is 0. The van der Waals surface area contributed by atoms with E-state index in [9.17, 15) is 17.6 Å². The first kappa shape index (κ1) is 15.1. The molecule has 0 radical (unpaired) electrons. The normalized spacial score (nSPS) is 27.4. The summed E-state index contributed by atoms with van der Waals surface area (Å²) in [5, 5.41) is 3.11. The van der Waals surface area contributed by atoms with E-state index in [1.807, 2.05) is 0 Å². The average molecular weight is 289 g/mol. The van der Waals surface area contributed by atoms with Crippen LogP contribution in [0.3, 0.4) is 0 Å². The second-order valence-corrected chi connectivity index (χ2v) is 5.95. The largest absolute Gasteiger partial charge is 0.419 e. The Morgan fingerprint density at radius 2 is 1.65 bits per heavy atom. The molecule has 5 heteroatoms. The van der Waals surface area contributed by atoms with E-state index in [4.69, 9.17) is 0 Å². The minimum absolute atomic E-state index is 0.153. The van der Waals surface area contributed by atoms with Crippen molar-refractivity contribution in [3.8, 4) is 0 Å². The molecule has 1 nitrogen and oxygen atoms in total. The van der Waals surface area contributed by atoms with Gasteiger partial charge in [0.1, 0.15) is 5.82 Å². The predicted molar refractivity (Wildman–Crippen MR) is 71.0 cm³/mol. The molecule has 0 aliphatic heterocycles. The lowest BCUT2D eigenvalue weighted by Gasteiger charge is -2.32. The van der Waals surface area contributed by atoms with Crippen LogP contribution >= 0.6 is 0 Å². The van der Waals surface area contributed by atoms with Crippen molar-refractivity contribution in [1.29, 1.82) is 0 Å². The Kier molecular flexibility index (Phi) is 4.25. The van der Waals surface area contributed by atoms with Gasteiger partial charge in [-0.3, -0.25) is 0 Å². The van der Waals surface area contributed by atoms with Gasteiger partial charge in [-0.05, 0) is 49.3 Å². The van der Waals surface area contributed by atoms with Crippen LogP contribution in [0, 0.1) is 17.7 Å². The maximum Gasteiger partial charge on any atom is 0.419 e. The molecule has 1 saturated carbocycles. The zero-order chi connectivity index (χ0) is 14.9. The molecule has 0 amide bonds. The Labute approximate surface area is 116 Å².